The molecule has 1 fully saturated rings. The zero-order valence-corrected chi connectivity index (χ0v) is 18.1. The quantitative estimate of drug-likeness (QED) is 0.351. The van der Waals surface area contributed by atoms with E-state index >= 15 is 0 Å². The number of amides is 2. The molecule has 2 amide bonds. The van der Waals surface area contributed by atoms with Gasteiger partial charge in [0.1, 0.15) is 16.2 Å². The number of thiazole rings is 1. The maximum absolute atomic E-state index is 15.0. The van der Waals surface area contributed by atoms with Crippen LogP contribution < -0.4 is 27.0 Å². The Hall–Kier alpha value is -3.51. The summed E-state index contributed by atoms with van der Waals surface area (Å²) in [7, 11) is 1.68. The van der Waals surface area contributed by atoms with E-state index < -0.39 is 23.2 Å². The number of H-pyrrole nitrogens is 1. The molecule has 1 aliphatic heterocycles. The van der Waals surface area contributed by atoms with Crippen LogP contribution in [0.4, 0.5) is 21.5 Å². The molecule has 168 valence electrons. The van der Waals surface area contributed by atoms with Crippen LogP contribution >= 0.6 is 11.3 Å². The predicted octanol–water partition coefficient (Wildman–Crippen LogP) is 1.55. The zero-order valence-electron chi connectivity index (χ0n) is 17.3. The van der Waals surface area contributed by atoms with Gasteiger partial charge in [0.25, 0.3) is 5.91 Å². The molecule has 32 heavy (non-hydrogen) atoms. The van der Waals surface area contributed by atoms with E-state index in [1.807, 2.05) is 0 Å². The first-order chi connectivity index (χ1) is 15.3. The number of hydrogen-bond donors (Lipinski definition) is 5. The highest BCUT2D eigenvalue weighted by Crippen LogP contribution is 2.36. The zero-order chi connectivity index (χ0) is 22.9. The molecule has 0 unspecified atom stereocenters. The van der Waals surface area contributed by atoms with E-state index in [2.05, 4.69) is 25.8 Å². The molecule has 1 aliphatic rings. The third-order valence-electron chi connectivity index (χ3n) is 5.70. The second kappa shape index (κ2) is 8.55. The smallest absolute Gasteiger partial charge is 0.275 e. The number of hydrogen-bond acceptors (Lipinski definition) is 8. The number of carbonyl (C=O) groups excluding carboxylic acids is 2. The number of rotatable bonds is 6. The average Bonchev–Trinajstić information content (AvgIpc) is 3.45. The molecule has 10 nitrogen and oxygen atoms in total. The number of halogens is 1. The van der Waals surface area contributed by atoms with Gasteiger partial charge in [-0.2, -0.15) is 5.10 Å². The number of nitrogens with two attached hydrogens (primary N) is 2. The van der Waals surface area contributed by atoms with Crippen LogP contribution in [-0.2, 0) is 4.79 Å². The number of anilines is 3. The molecule has 0 radical (unpaired) electrons. The molecule has 3 aromatic rings. The molecule has 0 saturated carbocycles. The number of aromatic amines is 1. The minimum atomic E-state index is -0.839. The highest BCUT2D eigenvalue weighted by atomic mass is 32.1. The third-order valence-corrected chi connectivity index (χ3v) is 6.59. The molecule has 0 spiro atoms. The van der Waals surface area contributed by atoms with E-state index in [1.54, 1.807) is 29.7 Å². The number of nitrogens with zero attached hydrogens (tertiary/aromatic N) is 3. The van der Waals surface area contributed by atoms with Crippen molar-refractivity contribution in [3.8, 4) is 10.6 Å². The van der Waals surface area contributed by atoms with E-state index in [0.29, 0.717) is 30.9 Å². The van der Waals surface area contributed by atoms with Crippen molar-refractivity contribution in [2.75, 3.05) is 36.1 Å². The van der Waals surface area contributed by atoms with Crippen LogP contribution in [0.2, 0.25) is 0 Å². The number of aromatic nitrogens is 3. The van der Waals surface area contributed by atoms with Gasteiger partial charge in [-0.3, -0.25) is 14.7 Å². The van der Waals surface area contributed by atoms with Crippen LogP contribution in [0.15, 0.2) is 29.9 Å². The van der Waals surface area contributed by atoms with Gasteiger partial charge in [-0.05, 0) is 32.0 Å². The van der Waals surface area contributed by atoms with E-state index in [4.69, 9.17) is 11.5 Å². The summed E-state index contributed by atoms with van der Waals surface area (Å²) >= 11 is 1.30. The van der Waals surface area contributed by atoms with Gasteiger partial charge in [-0.25, -0.2) is 9.37 Å². The van der Waals surface area contributed by atoms with Crippen LogP contribution in [0.1, 0.15) is 23.3 Å². The minimum Gasteiger partial charge on any atom is -0.399 e. The first-order valence-corrected chi connectivity index (χ1v) is 10.8. The lowest BCUT2D eigenvalue weighted by Gasteiger charge is -2.41. The summed E-state index contributed by atoms with van der Waals surface area (Å²) < 4.78 is 15.0. The fraction of sp³-hybridized carbons (Fsp3) is 0.300. The largest absolute Gasteiger partial charge is 0.399 e. The topological polar surface area (TPSA) is 155 Å². The summed E-state index contributed by atoms with van der Waals surface area (Å²) in [5, 5.41) is 14.6. The highest BCUT2D eigenvalue weighted by Gasteiger charge is 2.39. The van der Waals surface area contributed by atoms with Crippen LogP contribution in [0.25, 0.3) is 10.6 Å². The van der Waals surface area contributed by atoms with Crippen LogP contribution in [0, 0.1) is 5.82 Å². The van der Waals surface area contributed by atoms with Crippen molar-refractivity contribution in [3.05, 3.63) is 41.4 Å². The molecule has 1 aromatic carbocycles. The second-order valence-electron chi connectivity index (χ2n) is 7.56. The molecule has 0 bridgehead atoms. The van der Waals surface area contributed by atoms with Gasteiger partial charge in [0.15, 0.2) is 5.82 Å². The molecular weight excluding hydrogens is 435 g/mol. The summed E-state index contributed by atoms with van der Waals surface area (Å²) in [6.07, 6.45) is 4.09. The number of carbonyl (C=O) groups is 2. The summed E-state index contributed by atoms with van der Waals surface area (Å²) in [6.45, 7) is 0.740. The summed E-state index contributed by atoms with van der Waals surface area (Å²) in [6, 6.07) is 2.71. The fourth-order valence-corrected chi connectivity index (χ4v) is 4.61. The van der Waals surface area contributed by atoms with E-state index in [0.717, 1.165) is 5.56 Å². The van der Waals surface area contributed by atoms with Gasteiger partial charge in [0.05, 0.1) is 17.6 Å². The van der Waals surface area contributed by atoms with Crippen LogP contribution in [0.3, 0.4) is 0 Å². The minimum absolute atomic E-state index is 0.178. The molecule has 2 aromatic heterocycles. The van der Waals surface area contributed by atoms with Crippen LogP contribution in [0.5, 0.6) is 0 Å². The van der Waals surface area contributed by atoms with E-state index in [9.17, 15) is 14.0 Å². The van der Waals surface area contributed by atoms with E-state index in [1.165, 1.54) is 23.5 Å². The van der Waals surface area contributed by atoms with Gasteiger partial charge in [0.2, 0.25) is 5.91 Å². The fourth-order valence-electron chi connectivity index (χ4n) is 3.83. The Morgan fingerprint density at radius 3 is 2.69 bits per heavy atom. The number of nitrogen functional groups attached to an aromatic ring is 1. The molecule has 4 rings (SSSR count). The standard InChI is InChI=1S/C20H23FN8O2S/c1-24-20(19(23)31)2-4-29(5-3-20)16-13(21)6-12(22)7-14(16)27-17(30)15-10-32-18(28-15)11-8-25-26-9-11/h6-10,24H,2-5,22H2,1H3,(H2,23,31)(H,25,26)(H,27,30). The van der Waals surface area contributed by atoms with Gasteiger partial charge in [-0.1, -0.05) is 0 Å². The van der Waals surface area contributed by atoms with Crippen molar-refractivity contribution in [2.24, 2.45) is 5.73 Å². The monoisotopic (exact) mass is 458 g/mol. The lowest BCUT2D eigenvalue weighted by Crippen LogP contribution is -2.59. The first kappa shape index (κ1) is 21.7. The Morgan fingerprint density at radius 1 is 1.31 bits per heavy atom. The maximum Gasteiger partial charge on any atom is 0.275 e. The molecule has 7 N–H and O–H groups in total. The molecular formula is C20H23FN8O2S. The lowest BCUT2D eigenvalue weighted by atomic mass is 9.86. The van der Waals surface area contributed by atoms with E-state index in [-0.39, 0.29) is 22.8 Å². The molecule has 1 saturated heterocycles. The Kier molecular flexibility index (Phi) is 5.80. The van der Waals surface area contributed by atoms with Crippen molar-refractivity contribution >= 4 is 40.2 Å². The van der Waals surface area contributed by atoms with Gasteiger partial charge >= 0.3 is 0 Å². The summed E-state index contributed by atoms with van der Waals surface area (Å²) in [5.41, 5.74) is 12.2. The normalized spacial score (nSPS) is 15.5. The van der Waals surface area contributed by atoms with Gasteiger partial charge in [-0.15, -0.1) is 11.3 Å². The van der Waals surface area contributed by atoms with Crippen LogP contribution in [-0.4, -0.2) is 52.7 Å². The van der Waals surface area contributed by atoms with Crippen molar-refractivity contribution in [1.29, 1.82) is 0 Å². The average molecular weight is 459 g/mol. The van der Waals surface area contributed by atoms with Crippen molar-refractivity contribution in [2.45, 2.75) is 18.4 Å². The number of nitrogens with one attached hydrogen (secondary N) is 3. The molecule has 0 aliphatic carbocycles. The Balaban J connectivity index is 1.57. The maximum atomic E-state index is 15.0. The number of likely N-dealkylation sites (N-methyl/N-ethyl adjacent to an activating group) is 1. The molecule has 0 atom stereocenters. The molecule has 12 heteroatoms. The van der Waals surface area contributed by atoms with Crippen molar-refractivity contribution in [3.63, 3.8) is 0 Å². The molecule has 3 heterocycles. The second-order valence-corrected chi connectivity index (χ2v) is 8.42. The third kappa shape index (κ3) is 4.01. The number of primary amides is 1. The number of piperidine rings is 1. The van der Waals surface area contributed by atoms with Crippen molar-refractivity contribution < 1.29 is 14.0 Å². The number of benzene rings is 1. The Bertz CT molecular complexity index is 1140. The lowest BCUT2D eigenvalue weighted by molar-refractivity contribution is -0.125. The summed E-state index contributed by atoms with van der Waals surface area (Å²) in [5.74, 6) is -1.49. The Morgan fingerprint density at radius 2 is 2.06 bits per heavy atom. The SMILES string of the molecule is CNC1(C(N)=O)CCN(c2c(F)cc(N)cc2NC(=O)c2csc(-c3cn[nH]c3)n2)CC1. The van der Waals surface area contributed by atoms with Gasteiger partial charge in [0, 0.05) is 35.9 Å². The first-order valence-electron chi connectivity index (χ1n) is 9.92. The Labute approximate surface area is 187 Å². The predicted molar refractivity (Wildman–Crippen MR) is 121 cm³/mol. The van der Waals surface area contributed by atoms with Crippen molar-refractivity contribution in [1.82, 2.24) is 20.5 Å². The highest BCUT2D eigenvalue weighted by molar-refractivity contribution is 7.13. The summed E-state index contributed by atoms with van der Waals surface area (Å²) in [4.78, 5) is 30.9. The van der Waals surface area contributed by atoms with Gasteiger partial charge < -0.3 is 27.0 Å².